The number of halogens is 6. The second-order valence-electron chi connectivity index (χ2n) is 7.68. The molecule has 4 rings (SSSR count). The molecule has 2 aliphatic rings. The van der Waals surface area contributed by atoms with Gasteiger partial charge in [-0.2, -0.15) is 32.2 Å². The van der Waals surface area contributed by atoms with Gasteiger partial charge in [0.25, 0.3) is 0 Å². The number of benzene rings is 1. The molecule has 0 spiro atoms. The molecule has 0 unspecified atom stereocenters. The summed E-state index contributed by atoms with van der Waals surface area (Å²) in [5.74, 6) is 5.50. The lowest BCUT2D eigenvalue weighted by Crippen LogP contribution is -2.46. The number of alkyl halides is 6. The van der Waals surface area contributed by atoms with Gasteiger partial charge in [-0.15, -0.1) is 0 Å². The first-order valence-corrected chi connectivity index (χ1v) is 9.62. The van der Waals surface area contributed by atoms with Gasteiger partial charge in [0, 0.05) is 31.1 Å². The Morgan fingerprint density at radius 1 is 0.871 bits per heavy atom. The number of nitrogens with zero attached hydrogens (tertiary/aromatic N) is 2. The Bertz CT molecular complexity index is 918. The van der Waals surface area contributed by atoms with Crippen molar-refractivity contribution in [2.24, 2.45) is 5.90 Å². The number of pyridine rings is 1. The quantitative estimate of drug-likeness (QED) is 0.531. The summed E-state index contributed by atoms with van der Waals surface area (Å²) in [5, 5.41) is 0. The number of hydrogen-bond donors (Lipinski definition) is 1. The maximum absolute atomic E-state index is 12.9. The molecule has 0 aliphatic carbocycles. The molecule has 0 amide bonds. The average Bonchev–Trinajstić information content (AvgIpc) is 2.97. The lowest BCUT2D eigenvalue weighted by molar-refractivity contribution is -0.138. The van der Waals surface area contributed by atoms with Gasteiger partial charge in [0.1, 0.15) is 11.9 Å². The highest BCUT2D eigenvalue weighted by molar-refractivity contribution is 5.46. The summed E-state index contributed by atoms with van der Waals surface area (Å²) in [6, 6.07) is 5.24. The van der Waals surface area contributed by atoms with Gasteiger partial charge in [0.2, 0.25) is 0 Å². The summed E-state index contributed by atoms with van der Waals surface area (Å²) in [4.78, 5) is 10.6. The number of fused-ring (bicyclic) bond motifs is 2. The molecule has 168 valence electrons. The Morgan fingerprint density at radius 2 is 1.48 bits per heavy atom. The molecule has 11 heteroatoms. The molecule has 31 heavy (non-hydrogen) atoms. The smallest absolute Gasteiger partial charge is 0.417 e. The molecule has 2 bridgehead atoms. The van der Waals surface area contributed by atoms with E-state index in [1.807, 2.05) is 4.90 Å². The van der Waals surface area contributed by atoms with Crippen LogP contribution in [0.1, 0.15) is 36.8 Å². The summed E-state index contributed by atoms with van der Waals surface area (Å²) in [7, 11) is 0. The van der Waals surface area contributed by atoms with Crippen molar-refractivity contribution in [2.45, 2.75) is 56.2 Å². The fourth-order valence-corrected chi connectivity index (χ4v) is 4.36. The molecule has 2 saturated heterocycles. The minimum atomic E-state index is -4.54. The molecule has 3 heterocycles. The van der Waals surface area contributed by atoms with Crippen molar-refractivity contribution in [3.63, 3.8) is 0 Å². The van der Waals surface area contributed by atoms with Gasteiger partial charge in [-0.3, -0.25) is 0 Å². The largest absolute Gasteiger partial charge is 0.486 e. The first-order valence-electron chi connectivity index (χ1n) is 9.62. The highest BCUT2D eigenvalue weighted by Crippen LogP contribution is 2.42. The molecule has 0 radical (unpaired) electrons. The molecule has 1 aromatic carbocycles. The zero-order valence-electron chi connectivity index (χ0n) is 16.1. The van der Waals surface area contributed by atoms with Crippen molar-refractivity contribution < 1.29 is 35.9 Å². The highest BCUT2D eigenvalue weighted by atomic mass is 19.4. The van der Waals surface area contributed by atoms with E-state index in [2.05, 4.69) is 9.82 Å². The van der Waals surface area contributed by atoms with Crippen molar-refractivity contribution in [1.82, 2.24) is 4.98 Å². The Labute approximate surface area is 173 Å². The average molecular weight is 447 g/mol. The second kappa shape index (κ2) is 7.77. The van der Waals surface area contributed by atoms with Crippen LogP contribution in [0.25, 0.3) is 0 Å². The zero-order chi connectivity index (χ0) is 22.4. The lowest BCUT2D eigenvalue weighted by Gasteiger charge is -2.39. The fraction of sp³-hybridized carbons (Fsp3) is 0.450. The van der Waals surface area contributed by atoms with Crippen LogP contribution in [0.2, 0.25) is 0 Å². The molecule has 2 N–H and O–H groups in total. The Morgan fingerprint density at radius 3 is 2.00 bits per heavy atom. The van der Waals surface area contributed by atoms with E-state index in [9.17, 15) is 26.3 Å². The van der Waals surface area contributed by atoms with E-state index in [4.69, 9.17) is 10.6 Å². The first kappa shape index (κ1) is 21.5. The number of piperidine rings is 1. The molecular formula is C20H19F6N3O2. The van der Waals surface area contributed by atoms with Crippen molar-refractivity contribution in [2.75, 3.05) is 4.90 Å². The molecule has 1 aromatic heterocycles. The minimum Gasteiger partial charge on any atom is -0.486 e. The molecule has 2 aliphatic heterocycles. The Hall–Kier alpha value is -2.69. The normalized spacial score (nSPS) is 23.7. The van der Waals surface area contributed by atoms with Gasteiger partial charge < -0.3 is 14.5 Å². The monoisotopic (exact) mass is 447 g/mol. The molecular weight excluding hydrogens is 428 g/mol. The third-order valence-corrected chi connectivity index (χ3v) is 5.72. The number of anilines is 1. The van der Waals surface area contributed by atoms with Crippen molar-refractivity contribution in [1.29, 1.82) is 0 Å². The van der Waals surface area contributed by atoms with E-state index >= 15 is 0 Å². The number of aromatic nitrogens is 1. The molecule has 5 nitrogen and oxygen atoms in total. The van der Waals surface area contributed by atoms with E-state index in [-0.39, 0.29) is 29.7 Å². The molecule has 0 saturated carbocycles. The zero-order valence-corrected chi connectivity index (χ0v) is 16.1. The SMILES string of the molecule is NOc1cc(C(F)(F)F)ccc1O[C@H]1C[C@H]2CC[C@@H](C1)N2c1ccc(C(F)(F)F)cn1. The van der Waals surface area contributed by atoms with Gasteiger partial charge in [0.15, 0.2) is 11.5 Å². The van der Waals surface area contributed by atoms with Crippen LogP contribution < -0.4 is 20.4 Å². The number of rotatable bonds is 4. The fourth-order valence-electron chi connectivity index (χ4n) is 4.36. The Balaban J connectivity index is 1.47. The van der Waals surface area contributed by atoms with Crippen LogP contribution in [0.15, 0.2) is 36.5 Å². The van der Waals surface area contributed by atoms with Crippen LogP contribution in [0.5, 0.6) is 11.5 Å². The van der Waals surface area contributed by atoms with Crippen LogP contribution in [0.4, 0.5) is 32.2 Å². The maximum atomic E-state index is 12.9. The minimum absolute atomic E-state index is 0.00433. The highest BCUT2D eigenvalue weighted by Gasteiger charge is 2.43. The second-order valence-corrected chi connectivity index (χ2v) is 7.68. The number of ether oxygens (including phenoxy) is 1. The van der Waals surface area contributed by atoms with Crippen LogP contribution in [-0.4, -0.2) is 23.2 Å². The summed E-state index contributed by atoms with van der Waals surface area (Å²) in [6.45, 7) is 0. The van der Waals surface area contributed by atoms with Crippen molar-refractivity contribution in [3.05, 3.63) is 47.7 Å². The van der Waals surface area contributed by atoms with Gasteiger partial charge in [-0.1, -0.05) is 0 Å². The third kappa shape index (κ3) is 4.36. The van der Waals surface area contributed by atoms with Gasteiger partial charge in [0.05, 0.1) is 11.1 Å². The lowest BCUT2D eigenvalue weighted by atomic mass is 9.99. The topological polar surface area (TPSA) is 60.6 Å². The molecule has 3 atom stereocenters. The third-order valence-electron chi connectivity index (χ3n) is 5.72. The van der Waals surface area contributed by atoms with Crippen LogP contribution in [-0.2, 0) is 12.4 Å². The van der Waals surface area contributed by atoms with E-state index in [1.165, 1.54) is 12.1 Å². The first-order chi connectivity index (χ1) is 14.6. The predicted octanol–water partition coefficient (Wildman–Crippen LogP) is 4.95. The maximum Gasteiger partial charge on any atom is 0.417 e. The van der Waals surface area contributed by atoms with Crippen molar-refractivity contribution in [3.8, 4) is 11.5 Å². The van der Waals surface area contributed by atoms with Gasteiger partial charge >= 0.3 is 12.4 Å². The van der Waals surface area contributed by atoms with Crippen molar-refractivity contribution >= 4 is 5.82 Å². The molecule has 2 fully saturated rings. The van der Waals surface area contributed by atoms with Crippen LogP contribution >= 0.6 is 0 Å². The van der Waals surface area contributed by atoms with Crippen LogP contribution in [0, 0.1) is 0 Å². The van der Waals surface area contributed by atoms with E-state index in [1.54, 1.807) is 0 Å². The number of nitrogens with two attached hydrogens (primary N) is 1. The number of hydrogen-bond acceptors (Lipinski definition) is 5. The van der Waals surface area contributed by atoms with E-state index < -0.39 is 23.5 Å². The summed E-state index contributed by atoms with van der Waals surface area (Å²) >= 11 is 0. The van der Waals surface area contributed by atoms with Gasteiger partial charge in [-0.05, 0) is 43.2 Å². The predicted molar refractivity (Wildman–Crippen MR) is 98.4 cm³/mol. The summed E-state index contributed by atoms with van der Waals surface area (Å²) < 4.78 is 82.9. The molecule has 2 aromatic rings. The summed E-state index contributed by atoms with van der Waals surface area (Å²) in [6.07, 6.45) is -5.73. The standard InChI is InChI=1S/C20H19F6N3O2/c21-19(22,23)11-1-5-16(17(7-11)31-27)30-15-8-13-3-4-14(9-15)29(13)18-6-2-12(10-28-18)20(24,25)26/h1-2,5-7,10,13-15H,3-4,8-9,27H2/t13-,14+,15+. The van der Waals surface area contributed by atoms with Crippen LogP contribution in [0.3, 0.4) is 0 Å². The van der Waals surface area contributed by atoms with E-state index in [0.29, 0.717) is 18.7 Å². The Kier molecular flexibility index (Phi) is 5.40. The van der Waals surface area contributed by atoms with Gasteiger partial charge in [-0.25, -0.2) is 4.98 Å². The van der Waals surface area contributed by atoms with E-state index in [0.717, 1.165) is 37.2 Å². The summed E-state index contributed by atoms with van der Waals surface area (Å²) in [5.41, 5.74) is -1.71.